The lowest BCUT2D eigenvalue weighted by Gasteiger charge is -2.05. The van der Waals surface area contributed by atoms with Gasteiger partial charge in [-0.15, -0.1) is 0 Å². The Bertz CT molecular complexity index is 3170. The molecule has 0 aliphatic carbocycles. The molecule has 2 aliphatic rings. The maximum absolute atomic E-state index is 11.9. The van der Waals surface area contributed by atoms with Crippen LogP contribution in [0, 0.1) is 13.8 Å². The smallest absolute Gasteiger partial charge is 0.416 e. The minimum Gasteiger partial charge on any atom is -0.497 e. The lowest BCUT2D eigenvalue weighted by molar-refractivity contribution is -0.137. The molecule has 13 rings (SSSR count). The average molecular weight is 1460 g/mol. The molecule has 0 fully saturated rings. The first-order valence-electron chi connectivity index (χ1n) is 36.3. The van der Waals surface area contributed by atoms with Crippen LogP contribution in [0.3, 0.4) is 0 Å². The summed E-state index contributed by atoms with van der Waals surface area (Å²) in [5, 5.41) is 2.61. The van der Waals surface area contributed by atoms with Crippen molar-refractivity contribution in [3.05, 3.63) is 336 Å². The molecule has 0 unspecified atom stereocenters. The van der Waals surface area contributed by atoms with E-state index in [-0.39, 0.29) is 0 Å². The molecule has 1 aromatic heterocycles. The van der Waals surface area contributed by atoms with Gasteiger partial charge in [0.05, 0.1) is 37.7 Å². The van der Waals surface area contributed by atoms with Crippen LogP contribution >= 0.6 is 23.2 Å². The zero-order valence-corrected chi connectivity index (χ0v) is 68.5. The lowest BCUT2D eigenvalue weighted by Crippen LogP contribution is -2.03. The Morgan fingerprint density at radius 2 is 0.748 bits per heavy atom. The SMILES string of the molecule is C=Cc1ccccc1.CC.CC.CC.CC.CC.CC.CC.CC.CC.CC.COc1ccccc1.COc1ccccc1Cl.Cc1ccc(C(F)(F)F)cc1.Cc1ccccc1.Clc1ccccc1.c1ccc2c(c1)CCO2.c1ccc2c(c1)OCO2.c1ccc2occc2c1.c1ccccc1. The highest BCUT2D eigenvalue weighted by Crippen LogP contribution is 2.31. The van der Waals surface area contributed by atoms with Crippen LogP contribution in [0.4, 0.5) is 13.2 Å². The second kappa shape index (κ2) is 83.5. The van der Waals surface area contributed by atoms with Crippen LogP contribution in [0.2, 0.25) is 10.0 Å². The summed E-state index contributed by atoms with van der Waals surface area (Å²) >= 11 is 11.2. The monoisotopic (exact) mass is 1460 g/mol. The van der Waals surface area contributed by atoms with Crippen molar-refractivity contribution in [2.24, 2.45) is 0 Å². The van der Waals surface area contributed by atoms with Gasteiger partial charge in [0.15, 0.2) is 11.5 Å². The van der Waals surface area contributed by atoms with Crippen molar-refractivity contribution >= 4 is 40.2 Å². The predicted octanol–water partition coefficient (Wildman–Crippen LogP) is 31.1. The quantitative estimate of drug-likeness (QED) is 0.176. The highest BCUT2D eigenvalue weighted by Gasteiger charge is 2.29. The maximum Gasteiger partial charge on any atom is 0.416 e. The molecule has 568 valence electrons. The molecule has 103 heavy (non-hydrogen) atoms. The molecule has 0 bridgehead atoms. The number of alkyl halides is 3. The van der Waals surface area contributed by atoms with Crippen LogP contribution in [0.25, 0.3) is 17.0 Å². The second-order valence-electron chi connectivity index (χ2n) is 17.3. The molecule has 0 radical (unpaired) electrons. The summed E-state index contributed by atoms with van der Waals surface area (Å²) in [5.41, 5.74) is 5.03. The standard InChI is InChI=1S/C8H7F3.C8H8O.C8H6O.C8H8.C7H7ClO.C7H6O2.C7H8O.C7H8.C6H5Cl.C6H6.10C2H6/c1-6-2-4-7(5-3-6)8(9,10)11;2*1-2-4-8-7(3-1)5-6-9-8;1-2-8-6-4-3-5-7-8;1-9-7-5-3-2-4-6(7)8;1-2-4-7-6(3-1)8-5-9-7;1-8-7-5-3-2-4-6-7;1-7-5-3-2-4-6-7;7-6-4-2-1-3-5-6;1-2-4-6-5-3-1;10*1-2/h2-5H,1H3;1-4H,5-6H2;1-6H;2-7H,1H2;2-5H,1H3;1-4H,5H2;2-6H,1H3;2-6H,1H3;1-5H;1-6H;10*1-2H3. The van der Waals surface area contributed by atoms with Gasteiger partial charge in [0.1, 0.15) is 22.8 Å². The van der Waals surface area contributed by atoms with Crippen LogP contribution in [0.1, 0.15) is 166 Å². The fourth-order valence-corrected chi connectivity index (χ4v) is 7.06. The Kier molecular flexibility index (Phi) is 87.0. The number of ether oxygens (including phenoxy) is 5. The summed E-state index contributed by atoms with van der Waals surface area (Å²) in [5.74, 6) is 4.39. The van der Waals surface area contributed by atoms with E-state index >= 15 is 0 Å². The van der Waals surface area contributed by atoms with Crippen LogP contribution in [0.5, 0.6) is 28.7 Å². The Balaban J connectivity index is -0.000000194. The van der Waals surface area contributed by atoms with E-state index in [9.17, 15) is 13.2 Å². The van der Waals surface area contributed by atoms with Gasteiger partial charge >= 0.3 is 6.18 Å². The number of benzene rings is 10. The van der Waals surface area contributed by atoms with Crippen molar-refractivity contribution in [1.29, 1.82) is 0 Å². The van der Waals surface area contributed by atoms with E-state index in [1.807, 2.05) is 381 Å². The number of halogens is 5. The summed E-state index contributed by atoms with van der Waals surface area (Å²) in [6.07, 6.45) is 0.397. The van der Waals surface area contributed by atoms with Gasteiger partial charge in [-0.1, -0.05) is 392 Å². The van der Waals surface area contributed by atoms with Gasteiger partial charge < -0.3 is 28.1 Å². The number of furan rings is 1. The summed E-state index contributed by atoms with van der Waals surface area (Å²) in [7, 11) is 3.26. The van der Waals surface area contributed by atoms with Crippen molar-refractivity contribution in [3.63, 3.8) is 0 Å². The van der Waals surface area contributed by atoms with E-state index in [0.717, 1.165) is 75.5 Å². The lowest BCUT2D eigenvalue weighted by atomic mass is 10.1. The van der Waals surface area contributed by atoms with E-state index in [4.69, 9.17) is 51.3 Å². The molecule has 6 nitrogen and oxygen atoms in total. The number of hydrogen-bond acceptors (Lipinski definition) is 6. The van der Waals surface area contributed by atoms with E-state index in [1.54, 1.807) is 33.5 Å². The molecule has 0 N–H and O–H groups in total. The van der Waals surface area contributed by atoms with Gasteiger partial charge in [0, 0.05) is 16.8 Å². The summed E-state index contributed by atoms with van der Waals surface area (Å²) in [4.78, 5) is 0. The van der Waals surface area contributed by atoms with Crippen molar-refractivity contribution in [3.8, 4) is 28.7 Å². The molecular formula is C92H129Cl2F3O6. The predicted molar refractivity (Wildman–Crippen MR) is 451 cm³/mol. The average Bonchev–Trinajstić information content (AvgIpc) is 1.87. The number of para-hydroxylation sites is 6. The van der Waals surface area contributed by atoms with Crippen LogP contribution in [-0.4, -0.2) is 27.6 Å². The number of fused-ring (bicyclic) bond motifs is 3. The first kappa shape index (κ1) is 107. The third kappa shape index (κ3) is 60.2. The molecular weight excluding hydrogens is 1330 g/mol. The number of hydrogen-bond donors (Lipinski definition) is 0. The van der Waals surface area contributed by atoms with Crippen molar-refractivity contribution < 1.29 is 41.3 Å². The summed E-state index contributed by atoms with van der Waals surface area (Å²) in [6, 6.07) is 89.5. The van der Waals surface area contributed by atoms with Crippen LogP contribution < -0.4 is 23.7 Å². The number of methoxy groups -OCH3 is 2. The first-order valence-corrected chi connectivity index (χ1v) is 37.0. The van der Waals surface area contributed by atoms with Gasteiger partial charge in [-0.2, -0.15) is 13.2 Å². The molecule has 0 amide bonds. The molecule has 0 atom stereocenters. The molecule has 10 aromatic carbocycles. The van der Waals surface area contributed by atoms with Crippen molar-refractivity contribution in [2.45, 2.75) is 165 Å². The van der Waals surface area contributed by atoms with Crippen molar-refractivity contribution in [2.75, 3.05) is 27.6 Å². The molecule has 2 aliphatic heterocycles. The molecule has 11 aromatic rings. The fraction of sp³-hybridized carbons (Fsp3) is 0.304. The van der Waals surface area contributed by atoms with Gasteiger partial charge in [-0.25, -0.2) is 0 Å². The van der Waals surface area contributed by atoms with Crippen LogP contribution in [-0.2, 0) is 12.6 Å². The summed E-state index contributed by atoms with van der Waals surface area (Å²) in [6.45, 7) is 48.7. The minimum absolute atomic E-state index is 0.360. The molecule has 3 heterocycles. The zero-order chi connectivity index (χ0) is 79.6. The van der Waals surface area contributed by atoms with E-state index < -0.39 is 11.7 Å². The van der Waals surface area contributed by atoms with E-state index in [2.05, 4.69) is 31.7 Å². The Hall–Kier alpha value is -9.15. The van der Waals surface area contributed by atoms with Gasteiger partial charge in [0.2, 0.25) is 6.79 Å². The molecule has 11 heteroatoms. The third-order valence-electron chi connectivity index (χ3n) is 11.0. The Morgan fingerprint density at radius 1 is 0.379 bits per heavy atom. The van der Waals surface area contributed by atoms with E-state index in [0.29, 0.717) is 11.8 Å². The Morgan fingerprint density at radius 3 is 1.10 bits per heavy atom. The maximum atomic E-state index is 11.9. The van der Waals surface area contributed by atoms with Gasteiger partial charge in [-0.05, 0) is 104 Å². The summed E-state index contributed by atoms with van der Waals surface area (Å²) < 4.78 is 66.2. The number of rotatable bonds is 3. The third-order valence-corrected chi connectivity index (χ3v) is 11.6. The largest absolute Gasteiger partial charge is 0.497 e. The van der Waals surface area contributed by atoms with Crippen molar-refractivity contribution in [1.82, 2.24) is 0 Å². The van der Waals surface area contributed by atoms with Crippen LogP contribution in [0.15, 0.2) is 302 Å². The highest BCUT2D eigenvalue weighted by molar-refractivity contribution is 6.32. The van der Waals surface area contributed by atoms with Gasteiger partial charge in [-0.3, -0.25) is 0 Å². The highest BCUT2D eigenvalue weighted by atomic mass is 35.5. The molecule has 0 spiro atoms. The van der Waals surface area contributed by atoms with E-state index in [1.165, 1.54) is 28.8 Å². The molecule has 0 saturated heterocycles. The topological polar surface area (TPSA) is 59.3 Å². The first-order chi connectivity index (χ1) is 50.4. The normalized spacial score (nSPS) is 8.98. The number of aryl methyl sites for hydroxylation is 2. The van der Waals surface area contributed by atoms with Gasteiger partial charge in [0.25, 0.3) is 0 Å². The second-order valence-corrected chi connectivity index (χ2v) is 18.1. The molecule has 0 saturated carbocycles. The zero-order valence-electron chi connectivity index (χ0n) is 67.0. The fourth-order valence-electron chi connectivity index (χ4n) is 6.71. The minimum atomic E-state index is -4.21. The Labute approximate surface area is 634 Å².